The van der Waals surface area contributed by atoms with Crippen molar-refractivity contribution in [3.8, 4) is 0 Å². The van der Waals surface area contributed by atoms with E-state index in [9.17, 15) is 18.5 Å². The zero-order valence-electron chi connectivity index (χ0n) is 17.8. The third-order valence-electron chi connectivity index (χ3n) is 6.90. The number of piperazine rings is 1. The number of fused-ring (bicyclic) bond motifs is 3. The van der Waals surface area contributed by atoms with Gasteiger partial charge >= 0.3 is 0 Å². The molecule has 3 unspecified atom stereocenters. The first-order valence-electron chi connectivity index (χ1n) is 10.9. The van der Waals surface area contributed by atoms with Gasteiger partial charge in [0.15, 0.2) is 0 Å². The van der Waals surface area contributed by atoms with Crippen LogP contribution in [0.5, 0.6) is 0 Å². The van der Waals surface area contributed by atoms with Crippen LogP contribution < -0.4 is 5.32 Å². The van der Waals surface area contributed by atoms with Crippen LogP contribution in [0.4, 0.5) is 11.4 Å². The van der Waals surface area contributed by atoms with Crippen molar-refractivity contribution >= 4 is 21.4 Å². The zero-order chi connectivity index (χ0) is 22.5. The minimum atomic E-state index is -3.57. The van der Waals surface area contributed by atoms with Gasteiger partial charge in [-0.3, -0.25) is 10.1 Å². The number of nitrogens with zero attached hydrogens (tertiary/aromatic N) is 3. The van der Waals surface area contributed by atoms with Gasteiger partial charge in [-0.05, 0) is 43.1 Å². The summed E-state index contributed by atoms with van der Waals surface area (Å²) in [5, 5.41) is 15.1. The van der Waals surface area contributed by atoms with E-state index in [1.165, 1.54) is 6.07 Å². The van der Waals surface area contributed by atoms with Crippen LogP contribution in [0.25, 0.3) is 0 Å². The average molecular weight is 455 g/mol. The predicted octanol–water partition coefficient (Wildman–Crippen LogP) is 3.36. The van der Waals surface area contributed by atoms with Gasteiger partial charge in [-0.15, -0.1) is 0 Å². The van der Waals surface area contributed by atoms with E-state index < -0.39 is 10.0 Å². The number of likely N-dealkylation sites (N-methyl/N-ethyl adjacent to an activating group) is 1. The number of allylic oxidation sites excluding steroid dienone is 2. The molecule has 2 aliphatic heterocycles. The Labute approximate surface area is 187 Å². The quantitative estimate of drug-likeness (QED) is 0.432. The second-order valence-electron chi connectivity index (χ2n) is 8.75. The van der Waals surface area contributed by atoms with Gasteiger partial charge in [-0.25, -0.2) is 8.42 Å². The molecule has 32 heavy (non-hydrogen) atoms. The third kappa shape index (κ3) is 3.50. The fourth-order valence-electron chi connectivity index (χ4n) is 5.14. The maximum atomic E-state index is 13.3. The zero-order valence-corrected chi connectivity index (χ0v) is 18.7. The average Bonchev–Trinajstić information content (AvgIpc) is 3.29. The molecule has 2 aromatic carbocycles. The second-order valence-corrected chi connectivity index (χ2v) is 10.7. The van der Waals surface area contributed by atoms with E-state index in [0.717, 1.165) is 30.8 Å². The summed E-state index contributed by atoms with van der Waals surface area (Å²) >= 11 is 0. The number of nitrogens with one attached hydrogen (secondary N) is 1. The topological polar surface area (TPSA) is 95.8 Å². The molecule has 0 bridgehead atoms. The number of benzene rings is 2. The Morgan fingerprint density at radius 1 is 1.06 bits per heavy atom. The van der Waals surface area contributed by atoms with Crippen molar-refractivity contribution in [2.24, 2.45) is 5.92 Å². The van der Waals surface area contributed by atoms with Gasteiger partial charge in [0.05, 0.1) is 21.4 Å². The molecule has 9 heteroatoms. The van der Waals surface area contributed by atoms with E-state index in [-0.39, 0.29) is 28.5 Å². The summed E-state index contributed by atoms with van der Waals surface area (Å²) in [6.07, 6.45) is 4.98. The summed E-state index contributed by atoms with van der Waals surface area (Å²) < 4.78 is 28.1. The number of nitro benzene ring substituents is 1. The van der Waals surface area contributed by atoms with Crippen molar-refractivity contribution in [3.05, 3.63) is 75.9 Å². The van der Waals surface area contributed by atoms with Crippen LogP contribution in [0.2, 0.25) is 0 Å². The van der Waals surface area contributed by atoms with Gasteiger partial charge < -0.3 is 10.2 Å². The smallest absolute Gasteiger partial charge is 0.274 e. The SMILES string of the molecule is CN1CCN(S(=O)(=O)c2ccc3c(c2)C2C=CCC2C(c2ccccc2[N+](=O)[O-])N3)CC1. The standard InChI is InChI=1S/C23H26N4O4S/c1-25-11-13-26(14-12-25)32(30,31)16-9-10-21-20(15-16)17-6-4-7-18(17)23(24-21)19-5-2-3-8-22(19)27(28)29/h2-6,8-10,15,17-18,23-24H,7,11-14H2,1H3. The molecule has 0 saturated carbocycles. The van der Waals surface area contributed by atoms with Gasteiger partial charge in [-0.1, -0.05) is 30.4 Å². The van der Waals surface area contributed by atoms with E-state index >= 15 is 0 Å². The molecule has 1 fully saturated rings. The number of hydrogen-bond acceptors (Lipinski definition) is 6. The molecule has 168 valence electrons. The van der Waals surface area contributed by atoms with Gasteiger partial charge in [0.2, 0.25) is 10.0 Å². The largest absolute Gasteiger partial charge is 0.377 e. The van der Waals surface area contributed by atoms with E-state index in [0.29, 0.717) is 23.5 Å². The Morgan fingerprint density at radius 2 is 1.81 bits per heavy atom. The van der Waals surface area contributed by atoms with Crippen LogP contribution in [-0.2, 0) is 10.0 Å². The minimum Gasteiger partial charge on any atom is -0.377 e. The fourth-order valence-corrected chi connectivity index (χ4v) is 6.59. The van der Waals surface area contributed by atoms with Crippen LogP contribution in [0.3, 0.4) is 0 Å². The number of para-hydroxylation sites is 1. The molecule has 1 N–H and O–H groups in total. The molecular weight excluding hydrogens is 428 g/mol. The van der Waals surface area contributed by atoms with Gasteiger partial charge in [0, 0.05) is 43.9 Å². The van der Waals surface area contributed by atoms with Crippen molar-refractivity contribution in [2.45, 2.75) is 23.3 Å². The molecule has 8 nitrogen and oxygen atoms in total. The maximum Gasteiger partial charge on any atom is 0.274 e. The Bertz CT molecular complexity index is 1190. The van der Waals surface area contributed by atoms with Crippen molar-refractivity contribution in [1.82, 2.24) is 9.21 Å². The summed E-state index contributed by atoms with van der Waals surface area (Å²) in [4.78, 5) is 13.7. The monoisotopic (exact) mass is 454 g/mol. The molecule has 2 heterocycles. The van der Waals surface area contributed by atoms with Crippen LogP contribution in [0, 0.1) is 16.0 Å². The summed E-state index contributed by atoms with van der Waals surface area (Å²) in [5.41, 5.74) is 2.54. The van der Waals surface area contributed by atoms with E-state index in [4.69, 9.17) is 0 Å². The van der Waals surface area contributed by atoms with Gasteiger partial charge in [0.25, 0.3) is 5.69 Å². The first-order chi connectivity index (χ1) is 15.4. The molecular formula is C23H26N4O4S. The van der Waals surface area contributed by atoms with E-state index in [1.807, 2.05) is 25.2 Å². The predicted molar refractivity (Wildman–Crippen MR) is 122 cm³/mol. The number of hydrogen-bond donors (Lipinski definition) is 1. The lowest BCUT2D eigenvalue weighted by atomic mass is 9.76. The van der Waals surface area contributed by atoms with Crippen molar-refractivity contribution < 1.29 is 13.3 Å². The first kappa shape index (κ1) is 21.1. The van der Waals surface area contributed by atoms with Crippen LogP contribution >= 0.6 is 0 Å². The lowest BCUT2D eigenvalue weighted by Gasteiger charge is -2.37. The molecule has 0 aromatic heterocycles. The van der Waals surface area contributed by atoms with Crippen molar-refractivity contribution in [2.75, 3.05) is 38.5 Å². The Morgan fingerprint density at radius 3 is 2.56 bits per heavy atom. The fraction of sp³-hybridized carbons (Fsp3) is 0.391. The molecule has 0 radical (unpaired) electrons. The summed E-state index contributed by atoms with van der Waals surface area (Å²) in [5.74, 6) is 0.101. The normalized spacial score (nSPS) is 25.7. The highest BCUT2D eigenvalue weighted by molar-refractivity contribution is 7.89. The number of rotatable bonds is 4. The van der Waals surface area contributed by atoms with Crippen molar-refractivity contribution in [1.29, 1.82) is 0 Å². The van der Waals surface area contributed by atoms with E-state index in [2.05, 4.69) is 22.4 Å². The summed E-state index contributed by atoms with van der Waals surface area (Å²) in [6.45, 7) is 2.41. The molecule has 0 amide bonds. The first-order valence-corrected chi connectivity index (χ1v) is 12.3. The molecule has 5 rings (SSSR count). The number of nitro groups is 1. The molecule has 3 aliphatic rings. The molecule has 2 aromatic rings. The second kappa shape index (κ2) is 7.99. The molecule has 3 atom stereocenters. The van der Waals surface area contributed by atoms with Crippen molar-refractivity contribution in [3.63, 3.8) is 0 Å². The van der Waals surface area contributed by atoms with Gasteiger partial charge in [0.1, 0.15) is 0 Å². The summed E-state index contributed by atoms with van der Waals surface area (Å²) in [6, 6.07) is 11.9. The van der Waals surface area contributed by atoms with Crippen LogP contribution in [0.1, 0.15) is 29.5 Å². The highest BCUT2D eigenvalue weighted by atomic mass is 32.2. The Kier molecular flexibility index (Phi) is 5.27. The lowest BCUT2D eigenvalue weighted by molar-refractivity contribution is -0.385. The van der Waals surface area contributed by atoms with Crippen LogP contribution in [0.15, 0.2) is 59.5 Å². The lowest BCUT2D eigenvalue weighted by Crippen LogP contribution is -2.47. The van der Waals surface area contributed by atoms with E-state index in [1.54, 1.807) is 22.5 Å². The third-order valence-corrected chi connectivity index (χ3v) is 8.80. The maximum absolute atomic E-state index is 13.3. The Balaban J connectivity index is 1.51. The molecule has 1 aliphatic carbocycles. The highest BCUT2D eigenvalue weighted by Crippen LogP contribution is 2.51. The molecule has 0 spiro atoms. The minimum absolute atomic E-state index is 0.0127. The number of anilines is 1. The van der Waals surface area contributed by atoms with Crippen LogP contribution in [-0.4, -0.2) is 55.8 Å². The molecule has 1 saturated heterocycles. The highest BCUT2D eigenvalue weighted by Gasteiger charge is 2.41. The summed E-state index contributed by atoms with van der Waals surface area (Å²) in [7, 11) is -1.57. The van der Waals surface area contributed by atoms with Gasteiger partial charge in [-0.2, -0.15) is 4.31 Å². The Hall–Kier alpha value is -2.75. The number of sulfonamides is 1.